The van der Waals surface area contributed by atoms with Crippen LogP contribution in [-0.2, 0) is 9.59 Å². The number of hydrogen-bond acceptors (Lipinski definition) is 5. The van der Waals surface area contributed by atoms with Gasteiger partial charge in [0.1, 0.15) is 12.2 Å². The molecule has 2 aromatic carbocycles. The van der Waals surface area contributed by atoms with Gasteiger partial charge < -0.3 is 24.8 Å². The number of carbonyl (C=O) groups is 2. The fraction of sp³-hybridized carbons (Fsp3) is 0.222. The number of hydrogen-bond donors (Lipinski definition) is 2. The molecule has 132 valence electrons. The molecule has 0 bridgehead atoms. The number of anilines is 2. The maximum Gasteiger partial charge on any atom is 0.233 e. The van der Waals surface area contributed by atoms with Crippen molar-refractivity contribution in [3.63, 3.8) is 0 Å². The number of nitrogens with one attached hydrogen (secondary N) is 2. The Hall–Kier alpha value is -3.22. The zero-order valence-electron chi connectivity index (χ0n) is 14.3. The van der Waals surface area contributed by atoms with E-state index in [1.807, 2.05) is 0 Å². The molecule has 2 aromatic rings. The van der Waals surface area contributed by atoms with E-state index in [1.165, 1.54) is 14.2 Å². The molecular weight excluding hydrogens is 324 g/mol. The monoisotopic (exact) mass is 344 g/mol. The van der Waals surface area contributed by atoms with Crippen LogP contribution in [0, 0.1) is 0 Å². The average Bonchev–Trinajstić information content (AvgIpc) is 2.62. The Bertz CT molecular complexity index is 744. The van der Waals surface area contributed by atoms with E-state index < -0.39 is 11.8 Å². The Morgan fingerprint density at radius 2 is 1.32 bits per heavy atom. The highest BCUT2D eigenvalue weighted by Gasteiger charge is 2.12. The first kappa shape index (κ1) is 18.1. The van der Waals surface area contributed by atoms with E-state index >= 15 is 0 Å². The predicted octanol–water partition coefficient (Wildman–Crippen LogP) is 2.68. The fourth-order valence-electron chi connectivity index (χ4n) is 2.14. The van der Waals surface area contributed by atoms with Crippen LogP contribution in [0.25, 0.3) is 0 Å². The van der Waals surface area contributed by atoms with Gasteiger partial charge >= 0.3 is 0 Å². The van der Waals surface area contributed by atoms with Crippen molar-refractivity contribution in [2.24, 2.45) is 0 Å². The van der Waals surface area contributed by atoms with Gasteiger partial charge in [-0.05, 0) is 36.4 Å². The predicted molar refractivity (Wildman–Crippen MR) is 94.4 cm³/mol. The van der Waals surface area contributed by atoms with Gasteiger partial charge in [-0.3, -0.25) is 9.59 Å². The summed E-state index contributed by atoms with van der Waals surface area (Å²) in [6, 6.07) is 11.8. The van der Waals surface area contributed by atoms with E-state index in [2.05, 4.69) is 10.6 Å². The van der Waals surface area contributed by atoms with Crippen molar-refractivity contribution in [3.05, 3.63) is 42.5 Å². The molecule has 0 saturated heterocycles. The first-order chi connectivity index (χ1) is 12.0. The number of ether oxygens (including phenoxy) is 3. The van der Waals surface area contributed by atoms with Crippen molar-refractivity contribution < 1.29 is 23.8 Å². The van der Waals surface area contributed by atoms with Crippen molar-refractivity contribution >= 4 is 23.2 Å². The molecule has 0 aliphatic carbocycles. The molecule has 0 spiro atoms. The highest BCUT2D eigenvalue weighted by molar-refractivity contribution is 6.08. The lowest BCUT2D eigenvalue weighted by Gasteiger charge is -2.11. The number of methoxy groups -OCH3 is 3. The highest BCUT2D eigenvalue weighted by Crippen LogP contribution is 2.29. The summed E-state index contributed by atoms with van der Waals surface area (Å²) in [5.74, 6) is 0.881. The van der Waals surface area contributed by atoms with Crippen LogP contribution in [0.4, 0.5) is 11.4 Å². The van der Waals surface area contributed by atoms with Crippen LogP contribution >= 0.6 is 0 Å². The maximum atomic E-state index is 12.0. The molecule has 7 heteroatoms. The molecule has 0 radical (unpaired) electrons. The minimum atomic E-state index is -0.432. The smallest absolute Gasteiger partial charge is 0.233 e. The van der Waals surface area contributed by atoms with E-state index in [4.69, 9.17) is 14.2 Å². The van der Waals surface area contributed by atoms with Gasteiger partial charge in [0, 0.05) is 17.4 Å². The molecule has 0 saturated carbocycles. The van der Waals surface area contributed by atoms with Crippen LogP contribution in [0.2, 0.25) is 0 Å². The van der Waals surface area contributed by atoms with E-state index in [0.717, 1.165) is 0 Å². The largest absolute Gasteiger partial charge is 0.497 e. The van der Waals surface area contributed by atoms with Crippen LogP contribution in [0.3, 0.4) is 0 Å². The van der Waals surface area contributed by atoms with Crippen LogP contribution in [0.15, 0.2) is 42.5 Å². The third-order valence-corrected chi connectivity index (χ3v) is 3.36. The molecule has 7 nitrogen and oxygen atoms in total. The van der Waals surface area contributed by atoms with Crippen molar-refractivity contribution in [3.8, 4) is 17.2 Å². The first-order valence-electron chi connectivity index (χ1n) is 7.51. The normalized spacial score (nSPS) is 9.88. The summed E-state index contributed by atoms with van der Waals surface area (Å²) < 4.78 is 15.3. The summed E-state index contributed by atoms with van der Waals surface area (Å²) in [6.07, 6.45) is -0.305. The van der Waals surface area contributed by atoms with Crippen LogP contribution < -0.4 is 24.8 Å². The van der Waals surface area contributed by atoms with Crippen LogP contribution in [-0.4, -0.2) is 33.1 Å². The Labute approximate surface area is 145 Å². The van der Waals surface area contributed by atoms with Gasteiger partial charge in [0.05, 0.1) is 21.3 Å². The lowest BCUT2D eigenvalue weighted by atomic mass is 10.2. The molecule has 0 unspecified atom stereocenters. The molecule has 0 heterocycles. The Morgan fingerprint density at radius 3 is 1.88 bits per heavy atom. The Balaban J connectivity index is 1.91. The maximum absolute atomic E-state index is 12.0. The topological polar surface area (TPSA) is 85.9 Å². The highest BCUT2D eigenvalue weighted by atomic mass is 16.5. The molecule has 25 heavy (non-hydrogen) atoms. The van der Waals surface area contributed by atoms with Gasteiger partial charge in [0.2, 0.25) is 11.8 Å². The lowest BCUT2D eigenvalue weighted by molar-refractivity contribution is -0.123. The minimum absolute atomic E-state index is 0.305. The van der Waals surface area contributed by atoms with Crippen molar-refractivity contribution in [2.75, 3.05) is 32.0 Å². The summed E-state index contributed by atoms with van der Waals surface area (Å²) in [5, 5.41) is 5.30. The Morgan fingerprint density at radius 1 is 0.760 bits per heavy atom. The number of rotatable bonds is 7. The van der Waals surface area contributed by atoms with Crippen molar-refractivity contribution in [2.45, 2.75) is 6.42 Å². The number of benzene rings is 2. The summed E-state index contributed by atoms with van der Waals surface area (Å²) >= 11 is 0. The van der Waals surface area contributed by atoms with Gasteiger partial charge in [-0.2, -0.15) is 0 Å². The fourth-order valence-corrected chi connectivity index (χ4v) is 2.14. The molecule has 2 rings (SSSR count). The Kier molecular flexibility index (Phi) is 6.22. The van der Waals surface area contributed by atoms with E-state index in [-0.39, 0.29) is 6.42 Å². The summed E-state index contributed by atoms with van der Waals surface area (Å²) in [5.41, 5.74) is 1.10. The third-order valence-electron chi connectivity index (χ3n) is 3.36. The zero-order valence-corrected chi connectivity index (χ0v) is 14.3. The van der Waals surface area contributed by atoms with Crippen LogP contribution in [0.5, 0.6) is 17.2 Å². The van der Waals surface area contributed by atoms with E-state index in [1.54, 1.807) is 49.6 Å². The molecule has 0 aliphatic rings. The average molecular weight is 344 g/mol. The van der Waals surface area contributed by atoms with Gasteiger partial charge in [0.15, 0.2) is 11.5 Å². The molecular formula is C18H20N2O5. The molecule has 0 atom stereocenters. The standard InChI is InChI=1S/C18H20N2O5/c1-23-14-7-4-12(5-8-14)19-17(21)11-18(22)20-13-6-9-15(24-2)16(10-13)25-3/h4-10H,11H2,1-3H3,(H,19,21)(H,20,22). The molecule has 0 aromatic heterocycles. The van der Waals surface area contributed by atoms with Gasteiger partial charge in [-0.1, -0.05) is 0 Å². The number of carbonyl (C=O) groups excluding carboxylic acids is 2. The van der Waals surface area contributed by atoms with Crippen molar-refractivity contribution in [1.82, 2.24) is 0 Å². The SMILES string of the molecule is COc1ccc(NC(=O)CC(=O)Nc2ccc(OC)c(OC)c2)cc1. The quantitative estimate of drug-likeness (QED) is 0.754. The second-order valence-electron chi connectivity index (χ2n) is 5.07. The van der Waals surface area contributed by atoms with E-state index in [9.17, 15) is 9.59 Å². The summed E-state index contributed by atoms with van der Waals surface area (Å²) in [6.45, 7) is 0. The van der Waals surface area contributed by atoms with Gasteiger partial charge in [-0.15, -0.1) is 0 Å². The second-order valence-corrected chi connectivity index (χ2v) is 5.07. The zero-order chi connectivity index (χ0) is 18.2. The van der Waals surface area contributed by atoms with Crippen LogP contribution in [0.1, 0.15) is 6.42 Å². The molecule has 0 fully saturated rings. The van der Waals surface area contributed by atoms with Gasteiger partial charge in [0.25, 0.3) is 0 Å². The van der Waals surface area contributed by atoms with E-state index in [0.29, 0.717) is 28.6 Å². The summed E-state index contributed by atoms with van der Waals surface area (Å²) in [4.78, 5) is 23.9. The number of amides is 2. The minimum Gasteiger partial charge on any atom is -0.497 e. The summed E-state index contributed by atoms with van der Waals surface area (Å²) in [7, 11) is 4.59. The molecule has 2 amide bonds. The van der Waals surface area contributed by atoms with Gasteiger partial charge in [-0.25, -0.2) is 0 Å². The molecule has 0 aliphatic heterocycles. The second kappa shape index (κ2) is 8.58. The first-order valence-corrected chi connectivity index (χ1v) is 7.51. The third kappa shape index (κ3) is 5.13. The molecule has 2 N–H and O–H groups in total. The van der Waals surface area contributed by atoms with Crippen molar-refractivity contribution in [1.29, 1.82) is 0 Å². The lowest BCUT2D eigenvalue weighted by Crippen LogP contribution is -2.21.